The summed E-state index contributed by atoms with van der Waals surface area (Å²) in [6.45, 7) is 4.74. The van der Waals surface area contributed by atoms with Crippen LogP contribution in [0.15, 0.2) is 55.1 Å². The van der Waals surface area contributed by atoms with E-state index in [1.54, 1.807) is 24.5 Å². The average molecular weight is 511 g/mol. The van der Waals surface area contributed by atoms with Gasteiger partial charge in [0.1, 0.15) is 6.33 Å². The number of hydrogen-bond donors (Lipinski definition) is 1. The number of nitrogens with zero attached hydrogens (tertiary/aromatic N) is 5. The molecule has 0 atom stereocenters. The number of aromatic nitrogens is 2. The van der Waals surface area contributed by atoms with Crippen molar-refractivity contribution in [3.63, 3.8) is 0 Å². The molecule has 0 unspecified atom stereocenters. The topological polar surface area (TPSA) is 64.6 Å². The second-order valence-electron chi connectivity index (χ2n) is 9.65. The maximum atomic E-state index is 13.9. The molecule has 1 N–H and O–H groups in total. The van der Waals surface area contributed by atoms with E-state index in [9.17, 15) is 18.0 Å². The first-order valence-corrected chi connectivity index (χ1v) is 12.3. The molecule has 3 aromatic rings. The fraction of sp³-hybridized carbons (Fsp3) is 0.370. The van der Waals surface area contributed by atoms with Crippen molar-refractivity contribution in [2.45, 2.75) is 25.7 Å². The molecule has 2 aliphatic heterocycles. The zero-order valence-corrected chi connectivity index (χ0v) is 20.6. The van der Waals surface area contributed by atoms with E-state index in [1.807, 2.05) is 24.1 Å². The number of rotatable bonds is 5. The van der Waals surface area contributed by atoms with Crippen LogP contribution in [0, 0.1) is 0 Å². The minimum Gasteiger partial charge on any atom is -0.364 e. The number of likely N-dealkylation sites (N-methyl/N-ethyl adjacent to an activating group) is 1. The molecule has 0 spiro atoms. The second kappa shape index (κ2) is 10.5. The molecule has 3 heterocycles. The highest BCUT2D eigenvalue weighted by Gasteiger charge is 2.34. The number of carbonyl (C=O) groups is 1. The summed E-state index contributed by atoms with van der Waals surface area (Å²) in [5.41, 5.74) is 3.09. The Labute approximate surface area is 213 Å². The summed E-state index contributed by atoms with van der Waals surface area (Å²) < 4.78 is 41.8. The molecular formula is C27H29F3N6O. The summed E-state index contributed by atoms with van der Waals surface area (Å²) in [4.78, 5) is 27.5. The van der Waals surface area contributed by atoms with E-state index in [4.69, 9.17) is 0 Å². The van der Waals surface area contributed by atoms with Crippen LogP contribution in [0.5, 0.6) is 0 Å². The number of carbonyl (C=O) groups excluding carboxylic acids is 1. The predicted molar refractivity (Wildman–Crippen MR) is 135 cm³/mol. The van der Waals surface area contributed by atoms with Crippen molar-refractivity contribution in [3.8, 4) is 0 Å². The van der Waals surface area contributed by atoms with Crippen LogP contribution in [0.2, 0.25) is 0 Å². The van der Waals surface area contributed by atoms with Crippen molar-refractivity contribution in [2.24, 2.45) is 0 Å². The van der Waals surface area contributed by atoms with Crippen LogP contribution in [0.25, 0.3) is 0 Å². The number of amides is 1. The third-order valence-corrected chi connectivity index (χ3v) is 7.06. The summed E-state index contributed by atoms with van der Waals surface area (Å²) in [5.74, 6) is -0.442. The fourth-order valence-corrected chi connectivity index (χ4v) is 4.88. The number of anilines is 2. The third-order valence-electron chi connectivity index (χ3n) is 7.06. The van der Waals surface area contributed by atoms with Crippen molar-refractivity contribution < 1.29 is 18.0 Å². The SMILES string of the molecule is CN1CCN(Cc2ccc(NC(=O)c3ccc4c(c3)CN(c3cncnc3)CC4)cc2C(F)(F)F)CC1. The van der Waals surface area contributed by atoms with Crippen molar-refractivity contribution in [1.29, 1.82) is 0 Å². The summed E-state index contributed by atoms with van der Waals surface area (Å²) in [6.07, 6.45) is 1.28. The Balaban J connectivity index is 1.31. The second-order valence-corrected chi connectivity index (χ2v) is 9.65. The van der Waals surface area contributed by atoms with E-state index in [2.05, 4.69) is 25.1 Å². The average Bonchev–Trinajstić information content (AvgIpc) is 2.90. The number of benzene rings is 2. The molecule has 37 heavy (non-hydrogen) atoms. The van der Waals surface area contributed by atoms with Crippen LogP contribution in [-0.2, 0) is 25.7 Å². The quantitative estimate of drug-likeness (QED) is 0.559. The van der Waals surface area contributed by atoms with Gasteiger partial charge in [-0.1, -0.05) is 12.1 Å². The molecule has 0 bridgehead atoms. The molecule has 1 aromatic heterocycles. The van der Waals surface area contributed by atoms with E-state index in [1.165, 1.54) is 12.4 Å². The molecule has 0 saturated carbocycles. The minimum absolute atomic E-state index is 0.125. The highest BCUT2D eigenvalue weighted by molar-refractivity contribution is 6.04. The van der Waals surface area contributed by atoms with Gasteiger partial charge in [0.25, 0.3) is 5.91 Å². The van der Waals surface area contributed by atoms with Crippen LogP contribution in [0.1, 0.15) is 32.6 Å². The van der Waals surface area contributed by atoms with Gasteiger partial charge in [0.15, 0.2) is 0 Å². The Morgan fingerprint density at radius 2 is 1.73 bits per heavy atom. The standard InChI is InChI=1S/C27H29F3N6O/c1-34-8-10-35(11-9-34)16-21-4-5-23(13-25(21)27(28,29)30)33-26(37)20-3-2-19-6-7-36(17-22(19)12-20)24-14-31-18-32-15-24/h2-5,12-15,18H,6-11,16-17H2,1H3,(H,33,37). The van der Waals surface area contributed by atoms with Crippen molar-refractivity contribution in [3.05, 3.63) is 82.9 Å². The minimum atomic E-state index is -4.51. The zero-order valence-electron chi connectivity index (χ0n) is 20.6. The van der Waals surface area contributed by atoms with Gasteiger partial charge in [-0.05, 0) is 54.4 Å². The highest BCUT2D eigenvalue weighted by Crippen LogP contribution is 2.35. The normalized spacial score (nSPS) is 16.9. The predicted octanol–water partition coefficient (Wildman–Crippen LogP) is 4.06. The van der Waals surface area contributed by atoms with Crippen molar-refractivity contribution >= 4 is 17.3 Å². The monoisotopic (exact) mass is 510 g/mol. The van der Waals surface area contributed by atoms with Crippen LogP contribution in [0.4, 0.5) is 24.5 Å². The fourth-order valence-electron chi connectivity index (χ4n) is 4.88. The molecule has 1 amide bonds. The zero-order chi connectivity index (χ0) is 26.0. The number of alkyl halides is 3. The number of hydrogen-bond acceptors (Lipinski definition) is 6. The van der Waals surface area contributed by atoms with Crippen LogP contribution < -0.4 is 10.2 Å². The molecule has 7 nitrogen and oxygen atoms in total. The number of fused-ring (bicyclic) bond motifs is 1. The third kappa shape index (κ3) is 5.91. The molecule has 0 radical (unpaired) electrons. The first-order chi connectivity index (χ1) is 17.8. The van der Waals surface area contributed by atoms with Gasteiger partial charge in [-0.3, -0.25) is 9.69 Å². The number of halogens is 3. The van der Waals surface area contributed by atoms with Gasteiger partial charge in [0.05, 0.1) is 23.6 Å². The molecule has 0 aliphatic carbocycles. The molecule has 2 aliphatic rings. The van der Waals surface area contributed by atoms with E-state index in [0.29, 0.717) is 12.1 Å². The first kappa shape index (κ1) is 25.2. The van der Waals surface area contributed by atoms with E-state index in [0.717, 1.165) is 62.0 Å². The lowest BCUT2D eigenvalue weighted by Gasteiger charge is -2.33. The van der Waals surface area contributed by atoms with E-state index < -0.39 is 17.6 Å². The van der Waals surface area contributed by atoms with Gasteiger partial charge < -0.3 is 15.1 Å². The van der Waals surface area contributed by atoms with Crippen molar-refractivity contribution in [1.82, 2.24) is 19.8 Å². The van der Waals surface area contributed by atoms with Gasteiger partial charge in [0.2, 0.25) is 0 Å². The maximum absolute atomic E-state index is 13.9. The molecule has 10 heteroatoms. The maximum Gasteiger partial charge on any atom is 0.416 e. The van der Waals surface area contributed by atoms with Gasteiger partial charge in [0, 0.05) is 57.1 Å². The largest absolute Gasteiger partial charge is 0.416 e. The molecule has 1 fully saturated rings. The van der Waals surface area contributed by atoms with Crippen molar-refractivity contribution in [2.75, 3.05) is 50.0 Å². The van der Waals surface area contributed by atoms with Gasteiger partial charge in [-0.25, -0.2) is 9.97 Å². The molecule has 1 saturated heterocycles. The Morgan fingerprint density at radius 1 is 0.973 bits per heavy atom. The smallest absolute Gasteiger partial charge is 0.364 e. The molecule has 194 valence electrons. The summed E-state index contributed by atoms with van der Waals surface area (Å²) in [7, 11) is 2.01. The van der Waals surface area contributed by atoms with Gasteiger partial charge in [-0.15, -0.1) is 0 Å². The lowest BCUT2D eigenvalue weighted by Crippen LogP contribution is -2.44. The Hall–Kier alpha value is -3.50. The first-order valence-electron chi connectivity index (χ1n) is 12.3. The lowest BCUT2D eigenvalue weighted by atomic mass is 9.97. The van der Waals surface area contributed by atoms with Gasteiger partial charge >= 0.3 is 6.18 Å². The van der Waals surface area contributed by atoms with E-state index >= 15 is 0 Å². The summed E-state index contributed by atoms with van der Waals surface area (Å²) in [5, 5.41) is 2.66. The Morgan fingerprint density at radius 3 is 2.46 bits per heavy atom. The van der Waals surface area contributed by atoms with Crippen LogP contribution >= 0.6 is 0 Å². The van der Waals surface area contributed by atoms with E-state index in [-0.39, 0.29) is 17.8 Å². The Bertz CT molecular complexity index is 1260. The summed E-state index contributed by atoms with van der Waals surface area (Å²) in [6, 6.07) is 9.52. The Kier molecular flexibility index (Phi) is 7.12. The highest BCUT2D eigenvalue weighted by atomic mass is 19.4. The number of nitrogens with one attached hydrogen (secondary N) is 1. The van der Waals surface area contributed by atoms with Crippen LogP contribution in [-0.4, -0.2) is 65.4 Å². The van der Waals surface area contributed by atoms with Gasteiger partial charge in [-0.2, -0.15) is 13.2 Å². The molecule has 5 rings (SSSR count). The summed E-state index contributed by atoms with van der Waals surface area (Å²) >= 11 is 0. The lowest BCUT2D eigenvalue weighted by molar-refractivity contribution is -0.138. The molecular weight excluding hydrogens is 481 g/mol. The number of piperazine rings is 1. The van der Waals surface area contributed by atoms with Crippen LogP contribution in [0.3, 0.4) is 0 Å². The molecule has 2 aromatic carbocycles.